The van der Waals surface area contributed by atoms with E-state index < -0.39 is 34.4 Å². The highest BCUT2D eigenvalue weighted by Gasteiger charge is 2.28. The van der Waals surface area contributed by atoms with Crippen LogP contribution in [0.3, 0.4) is 0 Å². The number of nitrogens with one attached hydrogen (secondary N) is 1. The molecule has 0 amide bonds. The van der Waals surface area contributed by atoms with E-state index in [9.17, 15) is 18.0 Å². The van der Waals surface area contributed by atoms with Gasteiger partial charge in [-0.05, 0) is 0 Å². The Hall–Kier alpha value is -2.20. The number of carbonyl (C=O) groups is 2. The smallest absolute Gasteiger partial charge is 0.322 e. The van der Waals surface area contributed by atoms with E-state index in [-0.39, 0.29) is 10.6 Å². The summed E-state index contributed by atoms with van der Waals surface area (Å²) < 4.78 is 30.5. The molecule has 1 heterocycles. The van der Waals surface area contributed by atoms with Crippen LogP contribution < -0.4 is 9.46 Å². The zero-order valence-corrected chi connectivity index (χ0v) is 11.1. The Labute approximate surface area is 114 Å². The lowest BCUT2D eigenvalue weighted by atomic mass is 10.2. The Morgan fingerprint density at radius 2 is 2.05 bits per heavy atom. The van der Waals surface area contributed by atoms with E-state index in [1.807, 2.05) is 0 Å². The van der Waals surface area contributed by atoms with Crippen molar-refractivity contribution in [2.75, 3.05) is 7.11 Å². The standard InChI is InChI=1S/C10H12N2O7S/c1-19-6-2-7(5-11-4-6)20(17,18)12-8(10(15)16)3-9(13)14/h2,4-5,8,12H,3H2,1H3,(H,13,14)(H,15,16)/t8-/m1/s1. The van der Waals surface area contributed by atoms with E-state index in [0.717, 1.165) is 12.3 Å². The van der Waals surface area contributed by atoms with Crippen molar-refractivity contribution in [3.05, 3.63) is 18.5 Å². The summed E-state index contributed by atoms with van der Waals surface area (Å²) in [6.45, 7) is 0. The number of rotatable bonds is 7. The van der Waals surface area contributed by atoms with Crippen LogP contribution in [0.5, 0.6) is 5.75 Å². The minimum Gasteiger partial charge on any atom is -0.495 e. The van der Waals surface area contributed by atoms with Crippen LogP contribution in [-0.2, 0) is 19.6 Å². The maximum absolute atomic E-state index is 11.9. The molecule has 0 saturated carbocycles. The number of aliphatic carboxylic acids is 2. The molecule has 0 unspecified atom stereocenters. The van der Waals surface area contributed by atoms with Gasteiger partial charge in [-0.2, -0.15) is 4.72 Å². The highest BCUT2D eigenvalue weighted by molar-refractivity contribution is 7.89. The monoisotopic (exact) mass is 304 g/mol. The first-order chi connectivity index (χ1) is 9.26. The number of nitrogens with zero attached hydrogens (tertiary/aromatic N) is 1. The summed E-state index contributed by atoms with van der Waals surface area (Å²) in [5.74, 6) is -2.87. The predicted molar refractivity (Wildman–Crippen MR) is 64.8 cm³/mol. The first-order valence-electron chi connectivity index (χ1n) is 5.22. The fraction of sp³-hybridized carbons (Fsp3) is 0.300. The van der Waals surface area contributed by atoms with E-state index in [1.54, 1.807) is 4.72 Å². The molecule has 0 aliphatic heterocycles. The van der Waals surface area contributed by atoms with Gasteiger partial charge in [-0.15, -0.1) is 0 Å². The van der Waals surface area contributed by atoms with Gasteiger partial charge in [-0.25, -0.2) is 8.42 Å². The summed E-state index contributed by atoms with van der Waals surface area (Å²) in [7, 11) is -2.91. The number of hydrogen-bond acceptors (Lipinski definition) is 6. The molecule has 3 N–H and O–H groups in total. The van der Waals surface area contributed by atoms with E-state index in [0.29, 0.717) is 0 Å². The summed E-state index contributed by atoms with van der Waals surface area (Å²) in [6.07, 6.45) is 1.38. The molecular formula is C10H12N2O7S. The summed E-state index contributed by atoms with van der Waals surface area (Å²) >= 11 is 0. The van der Waals surface area contributed by atoms with Crippen LogP contribution in [0, 0.1) is 0 Å². The summed E-state index contributed by atoms with van der Waals surface area (Å²) in [5, 5.41) is 17.4. The molecule has 0 radical (unpaired) electrons. The topological polar surface area (TPSA) is 143 Å². The molecule has 9 nitrogen and oxygen atoms in total. The summed E-state index contributed by atoms with van der Waals surface area (Å²) in [4.78, 5) is 24.6. The van der Waals surface area contributed by atoms with E-state index in [1.165, 1.54) is 13.3 Å². The Morgan fingerprint density at radius 1 is 1.40 bits per heavy atom. The van der Waals surface area contributed by atoms with Gasteiger partial charge in [0.25, 0.3) is 0 Å². The number of aromatic nitrogens is 1. The average molecular weight is 304 g/mol. The molecule has 0 aromatic carbocycles. The Kier molecular flexibility index (Phi) is 5.00. The van der Waals surface area contributed by atoms with Crippen LogP contribution >= 0.6 is 0 Å². The first kappa shape index (κ1) is 15.9. The van der Waals surface area contributed by atoms with E-state index in [4.69, 9.17) is 14.9 Å². The second kappa shape index (κ2) is 6.30. The van der Waals surface area contributed by atoms with Gasteiger partial charge in [0.2, 0.25) is 10.0 Å². The SMILES string of the molecule is COc1cncc(S(=O)(=O)N[C@H](CC(=O)O)C(=O)O)c1. The molecule has 1 aromatic rings. The Morgan fingerprint density at radius 3 is 2.55 bits per heavy atom. The normalized spacial score (nSPS) is 12.7. The molecule has 1 rings (SSSR count). The van der Waals surface area contributed by atoms with Crippen LogP contribution in [0.25, 0.3) is 0 Å². The van der Waals surface area contributed by atoms with Crippen molar-refractivity contribution in [3.63, 3.8) is 0 Å². The number of ether oxygens (including phenoxy) is 1. The van der Waals surface area contributed by atoms with Gasteiger partial charge in [0.05, 0.1) is 19.7 Å². The third kappa shape index (κ3) is 4.17. The van der Waals surface area contributed by atoms with E-state index in [2.05, 4.69) is 4.98 Å². The number of hydrogen-bond donors (Lipinski definition) is 3. The quantitative estimate of drug-likeness (QED) is 0.600. The van der Waals surface area contributed by atoms with Gasteiger partial charge in [0.1, 0.15) is 16.7 Å². The molecule has 110 valence electrons. The second-order valence-corrected chi connectivity index (χ2v) is 5.38. The van der Waals surface area contributed by atoms with Gasteiger partial charge in [-0.1, -0.05) is 0 Å². The Bertz CT molecular complexity index is 614. The molecule has 0 bridgehead atoms. The van der Waals surface area contributed by atoms with Gasteiger partial charge in [0.15, 0.2) is 0 Å². The van der Waals surface area contributed by atoms with Gasteiger partial charge >= 0.3 is 11.9 Å². The second-order valence-electron chi connectivity index (χ2n) is 3.67. The van der Waals surface area contributed by atoms with Gasteiger partial charge < -0.3 is 14.9 Å². The molecule has 20 heavy (non-hydrogen) atoms. The van der Waals surface area contributed by atoms with Crippen molar-refractivity contribution in [3.8, 4) is 5.75 Å². The highest BCUT2D eigenvalue weighted by Crippen LogP contribution is 2.15. The fourth-order valence-corrected chi connectivity index (χ4v) is 2.43. The van der Waals surface area contributed by atoms with Gasteiger partial charge in [0, 0.05) is 12.3 Å². The summed E-state index contributed by atoms with van der Waals surface area (Å²) in [5.41, 5.74) is 0. The molecule has 1 atom stereocenters. The molecule has 0 fully saturated rings. The lowest BCUT2D eigenvalue weighted by Gasteiger charge is -2.13. The lowest BCUT2D eigenvalue weighted by Crippen LogP contribution is -2.42. The molecule has 0 aliphatic carbocycles. The molecule has 1 aromatic heterocycles. The fourth-order valence-electron chi connectivity index (χ4n) is 1.27. The Balaban J connectivity index is 3.02. The highest BCUT2D eigenvalue weighted by atomic mass is 32.2. The minimum atomic E-state index is -4.22. The van der Waals surface area contributed by atoms with Gasteiger partial charge in [-0.3, -0.25) is 14.6 Å². The van der Waals surface area contributed by atoms with Crippen molar-refractivity contribution >= 4 is 22.0 Å². The van der Waals surface area contributed by atoms with Crippen molar-refractivity contribution in [1.29, 1.82) is 0 Å². The molecule has 0 aliphatic rings. The average Bonchev–Trinajstić information content (AvgIpc) is 2.37. The van der Waals surface area contributed by atoms with Crippen molar-refractivity contribution in [2.24, 2.45) is 0 Å². The van der Waals surface area contributed by atoms with Crippen LogP contribution in [0.4, 0.5) is 0 Å². The lowest BCUT2D eigenvalue weighted by molar-refractivity contribution is -0.145. The maximum atomic E-state index is 11.9. The van der Waals surface area contributed by atoms with Crippen molar-refractivity contribution in [2.45, 2.75) is 17.4 Å². The number of pyridine rings is 1. The maximum Gasteiger partial charge on any atom is 0.322 e. The van der Waals surface area contributed by atoms with Crippen LogP contribution in [0.2, 0.25) is 0 Å². The van der Waals surface area contributed by atoms with Crippen LogP contribution in [0.15, 0.2) is 23.4 Å². The molecule has 0 spiro atoms. The number of carboxylic acids is 2. The minimum absolute atomic E-state index is 0.165. The zero-order valence-electron chi connectivity index (χ0n) is 10.3. The van der Waals surface area contributed by atoms with Crippen molar-refractivity contribution in [1.82, 2.24) is 9.71 Å². The third-order valence-corrected chi connectivity index (χ3v) is 3.65. The molecule has 10 heteroatoms. The third-order valence-electron chi connectivity index (χ3n) is 2.21. The number of methoxy groups -OCH3 is 1. The molecular weight excluding hydrogens is 292 g/mol. The number of sulfonamides is 1. The van der Waals surface area contributed by atoms with Crippen LogP contribution in [0.1, 0.15) is 6.42 Å². The van der Waals surface area contributed by atoms with E-state index >= 15 is 0 Å². The summed E-state index contributed by atoms with van der Waals surface area (Å²) in [6, 6.07) is -0.640. The first-order valence-corrected chi connectivity index (χ1v) is 6.70. The molecule has 0 saturated heterocycles. The predicted octanol–water partition coefficient (Wildman–Crippen LogP) is -0.704. The largest absolute Gasteiger partial charge is 0.495 e. The number of carboxylic acid groups (broad SMARTS) is 2. The zero-order chi connectivity index (χ0) is 15.3. The van der Waals surface area contributed by atoms with Crippen LogP contribution in [-0.4, -0.2) is 48.7 Å². The van der Waals surface area contributed by atoms with Crippen molar-refractivity contribution < 1.29 is 33.0 Å².